The summed E-state index contributed by atoms with van der Waals surface area (Å²) in [6, 6.07) is 4.61. The molecular weight excluding hydrogens is 271 g/mol. The van der Waals surface area contributed by atoms with Gasteiger partial charge in [-0.3, -0.25) is 4.98 Å². The van der Waals surface area contributed by atoms with E-state index < -0.39 is 5.82 Å². The molecule has 19 heavy (non-hydrogen) atoms. The number of aromatic nitrogens is 6. The fourth-order valence-electron chi connectivity index (χ4n) is 1.46. The predicted molar refractivity (Wildman–Crippen MR) is 65.1 cm³/mol. The first-order valence-corrected chi connectivity index (χ1v) is 5.63. The summed E-state index contributed by atoms with van der Waals surface area (Å²) < 4.78 is 13.1. The zero-order valence-corrected chi connectivity index (χ0v) is 10.2. The van der Waals surface area contributed by atoms with E-state index in [1.807, 2.05) is 0 Å². The van der Waals surface area contributed by atoms with E-state index in [0.29, 0.717) is 22.2 Å². The Balaban J connectivity index is 1.97. The lowest BCUT2D eigenvalue weighted by Crippen LogP contribution is -2.00. The maximum absolute atomic E-state index is 13.1. The largest absolute Gasteiger partial charge is 0.259 e. The van der Waals surface area contributed by atoms with E-state index in [4.69, 9.17) is 11.6 Å². The van der Waals surface area contributed by atoms with Crippen molar-refractivity contribution in [1.82, 2.24) is 30.2 Å². The van der Waals surface area contributed by atoms with Crippen molar-refractivity contribution < 1.29 is 4.39 Å². The molecule has 0 saturated carbocycles. The minimum absolute atomic E-state index is 0.369. The average Bonchev–Trinajstić information content (AvgIpc) is 2.89. The van der Waals surface area contributed by atoms with Crippen LogP contribution in [-0.4, -0.2) is 30.2 Å². The van der Waals surface area contributed by atoms with E-state index in [2.05, 4.69) is 25.4 Å². The molecule has 3 heterocycles. The highest BCUT2D eigenvalue weighted by Gasteiger charge is 2.08. The first-order chi connectivity index (χ1) is 9.22. The molecule has 8 heteroatoms. The molecule has 0 aromatic carbocycles. The smallest absolute Gasteiger partial charge is 0.206 e. The summed E-state index contributed by atoms with van der Waals surface area (Å²) in [5.41, 5.74) is 1.06. The lowest BCUT2D eigenvalue weighted by Gasteiger charge is -1.96. The molecule has 0 fully saturated rings. The van der Waals surface area contributed by atoms with Crippen molar-refractivity contribution in [3.05, 3.63) is 47.8 Å². The zero-order valence-electron chi connectivity index (χ0n) is 9.40. The van der Waals surface area contributed by atoms with E-state index in [9.17, 15) is 4.39 Å². The van der Waals surface area contributed by atoms with Crippen LogP contribution in [0, 0.1) is 5.82 Å². The van der Waals surface area contributed by atoms with Crippen LogP contribution in [0.2, 0.25) is 5.15 Å². The average molecular weight is 277 g/mol. The molecule has 0 amide bonds. The van der Waals surface area contributed by atoms with Gasteiger partial charge in [0.15, 0.2) is 0 Å². The molecule has 94 valence electrons. The first kappa shape index (κ1) is 11.7. The van der Waals surface area contributed by atoms with Gasteiger partial charge in [-0.15, -0.1) is 15.0 Å². The summed E-state index contributed by atoms with van der Waals surface area (Å²) in [6.45, 7) is 0. The Bertz CT molecular complexity index is 711. The summed E-state index contributed by atoms with van der Waals surface area (Å²) in [5.74, 6) is -0.0991. The lowest BCUT2D eigenvalue weighted by atomic mass is 10.3. The minimum atomic E-state index is -0.468. The molecule has 0 spiro atoms. The maximum Gasteiger partial charge on any atom is 0.206 e. The van der Waals surface area contributed by atoms with Gasteiger partial charge >= 0.3 is 0 Å². The molecule has 0 aliphatic carbocycles. The quantitative estimate of drug-likeness (QED) is 0.669. The van der Waals surface area contributed by atoms with Crippen LogP contribution >= 0.6 is 11.6 Å². The first-order valence-electron chi connectivity index (χ1n) is 5.25. The number of rotatable bonds is 2. The molecule has 3 aromatic heterocycles. The van der Waals surface area contributed by atoms with Crippen LogP contribution in [0.3, 0.4) is 0 Å². The van der Waals surface area contributed by atoms with Crippen molar-refractivity contribution in [3.8, 4) is 17.1 Å². The second-order valence-corrected chi connectivity index (χ2v) is 4.02. The van der Waals surface area contributed by atoms with Gasteiger partial charge in [0.1, 0.15) is 16.7 Å². The topological polar surface area (TPSA) is 69.4 Å². The third-order valence-electron chi connectivity index (χ3n) is 2.32. The summed E-state index contributed by atoms with van der Waals surface area (Å²) >= 11 is 5.69. The predicted octanol–water partition coefficient (Wildman–Crippen LogP) is 1.91. The second kappa shape index (κ2) is 4.69. The maximum atomic E-state index is 13.1. The van der Waals surface area contributed by atoms with Crippen molar-refractivity contribution in [2.75, 3.05) is 0 Å². The number of nitrogens with zero attached hydrogens (tertiary/aromatic N) is 6. The standard InChI is InChI=1S/C11H6ClFN6/c12-10-2-1-7(4-15-10)11-16-18-19(17-11)9-3-8(13)5-14-6-9/h1-6H. The van der Waals surface area contributed by atoms with Gasteiger partial charge in [0.25, 0.3) is 0 Å². The van der Waals surface area contributed by atoms with Crippen molar-refractivity contribution in [1.29, 1.82) is 0 Å². The normalized spacial score (nSPS) is 10.6. The fraction of sp³-hybridized carbons (Fsp3) is 0. The van der Waals surface area contributed by atoms with E-state index >= 15 is 0 Å². The highest BCUT2D eigenvalue weighted by molar-refractivity contribution is 6.29. The third kappa shape index (κ3) is 2.41. The number of hydrogen-bond donors (Lipinski definition) is 0. The van der Waals surface area contributed by atoms with Crippen LogP contribution in [0.5, 0.6) is 0 Å². The number of hydrogen-bond acceptors (Lipinski definition) is 5. The highest BCUT2D eigenvalue weighted by Crippen LogP contribution is 2.15. The van der Waals surface area contributed by atoms with Gasteiger partial charge in [-0.2, -0.15) is 0 Å². The monoisotopic (exact) mass is 276 g/mol. The molecule has 0 bridgehead atoms. The Morgan fingerprint density at radius 2 is 2.05 bits per heavy atom. The van der Waals surface area contributed by atoms with Crippen LogP contribution in [-0.2, 0) is 0 Å². The molecule has 3 rings (SSSR count). The molecule has 0 aliphatic rings. The molecule has 0 aliphatic heterocycles. The molecule has 0 saturated heterocycles. The fourth-order valence-corrected chi connectivity index (χ4v) is 1.57. The van der Waals surface area contributed by atoms with Gasteiger partial charge in [0, 0.05) is 17.8 Å². The highest BCUT2D eigenvalue weighted by atomic mass is 35.5. The number of tetrazole rings is 1. The van der Waals surface area contributed by atoms with E-state index in [-0.39, 0.29) is 0 Å². The van der Waals surface area contributed by atoms with Crippen LogP contribution in [0.1, 0.15) is 0 Å². The number of pyridine rings is 2. The lowest BCUT2D eigenvalue weighted by molar-refractivity contribution is 0.613. The van der Waals surface area contributed by atoms with Crippen LogP contribution < -0.4 is 0 Å². The van der Waals surface area contributed by atoms with Crippen LogP contribution in [0.15, 0.2) is 36.8 Å². The molecule has 3 aromatic rings. The van der Waals surface area contributed by atoms with Crippen molar-refractivity contribution in [2.45, 2.75) is 0 Å². The van der Waals surface area contributed by atoms with Crippen molar-refractivity contribution in [2.24, 2.45) is 0 Å². The summed E-state index contributed by atoms with van der Waals surface area (Å²) in [7, 11) is 0. The van der Waals surface area contributed by atoms with Gasteiger partial charge in [-0.1, -0.05) is 11.6 Å². The third-order valence-corrected chi connectivity index (χ3v) is 2.54. The zero-order chi connectivity index (χ0) is 13.2. The summed E-state index contributed by atoms with van der Waals surface area (Å²) in [5, 5.41) is 12.2. The Morgan fingerprint density at radius 3 is 2.79 bits per heavy atom. The second-order valence-electron chi connectivity index (χ2n) is 3.63. The molecule has 0 atom stereocenters. The Morgan fingerprint density at radius 1 is 1.16 bits per heavy atom. The van der Waals surface area contributed by atoms with E-state index in [0.717, 1.165) is 6.20 Å². The van der Waals surface area contributed by atoms with E-state index in [1.54, 1.807) is 12.1 Å². The summed E-state index contributed by atoms with van der Waals surface area (Å²) in [4.78, 5) is 8.84. The molecule has 0 N–H and O–H groups in total. The summed E-state index contributed by atoms with van der Waals surface area (Å²) in [6.07, 6.45) is 4.08. The molecule has 0 unspecified atom stereocenters. The van der Waals surface area contributed by atoms with Gasteiger partial charge in [0.2, 0.25) is 5.82 Å². The molecular formula is C11H6ClFN6. The van der Waals surface area contributed by atoms with Gasteiger partial charge in [0.05, 0.1) is 12.4 Å². The Hall–Kier alpha value is -2.41. The van der Waals surface area contributed by atoms with Crippen molar-refractivity contribution >= 4 is 11.6 Å². The SMILES string of the molecule is Fc1cncc(-n2nnc(-c3ccc(Cl)nc3)n2)c1. The van der Waals surface area contributed by atoms with Crippen LogP contribution in [0.25, 0.3) is 17.1 Å². The van der Waals surface area contributed by atoms with Crippen LogP contribution in [0.4, 0.5) is 4.39 Å². The molecule has 0 radical (unpaired) electrons. The Kier molecular flexibility index (Phi) is 2.88. The minimum Gasteiger partial charge on any atom is -0.259 e. The Labute approximate surface area is 111 Å². The van der Waals surface area contributed by atoms with Crippen molar-refractivity contribution in [3.63, 3.8) is 0 Å². The number of halogens is 2. The van der Waals surface area contributed by atoms with Gasteiger partial charge in [-0.25, -0.2) is 9.37 Å². The van der Waals surface area contributed by atoms with Gasteiger partial charge in [-0.05, 0) is 17.3 Å². The van der Waals surface area contributed by atoms with E-state index in [1.165, 1.54) is 23.3 Å². The molecule has 6 nitrogen and oxygen atoms in total. The van der Waals surface area contributed by atoms with Gasteiger partial charge < -0.3 is 0 Å².